The molecule has 0 unspecified atom stereocenters. The van der Waals surface area contributed by atoms with Gasteiger partial charge in [0, 0.05) is 12.5 Å². The zero-order chi connectivity index (χ0) is 11.4. The first kappa shape index (κ1) is 11.9. The average Bonchev–Trinajstić information content (AvgIpc) is 2.33. The molecule has 2 rings (SSSR count). The van der Waals surface area contributed by atoms with Crippen molar-refractivity contribution in [2.24, 2.45) is 0 Å². The Morgan fingerprint density at radius 1 is 1.50 bits per heavy atom. The van der Waals surface area contributed by atoms with Crippen molar-refractivity contribution in [3.05, 3.63) is 15.8 Å². The van der Waals surface area contributed by atoms with Gasteiger partial charge in [-0.1, -0.05) is 0 Å². The fraction of sp³-hybridized carbons (Fsp3) is 0.545. The Hall–Kier alpha value is -0.560. The van der Waals surface area contributed by atoms with Crippen LogP contribution in [0.3, 0.4) is 0 Å². The van der Waals surface area contributed by atoms with E-state index in [1.807, 2.05) is 6.07 Å². The van der Waals surface area contributed by atoms with Crippen molar-refractivity contribution < 1.29 is 14.2 Å². The van der Waals surface area contributed by atoms with E-state index in [0.717, 1.165) is 35.2 Å². The zero-order valence-electron chi connectivity index (χ0n) is 9.11. The van der Waals surface area contributed by atoms with E-state index < -0.39 is 0 Å². The van der Waals surface area contributed by atoms with Gasteiger partial charge in [-0.05, 0) is 35.4 Å². The van der Waals surface area contributed by atoms with E-state index in [4.69, 9.17) is 14.2 Å². The fourth-order valence-electron chi connectivity index (χ4n) is 1.54. The van der Waals surface area contributed by atoms with Crippen molar-refractivity contribution in [1.82, 2.24) is 4.98 Å². The normalized spacial score (nSPS) is 20.5. The van der Waals surface area contributed by atoms with Crippen LogP contribution < -0.4 is 9.47 Å². The van der Waals surface area contributed by atoms with E-state index >= 15 is 0 Å². The molecular weight excluding hydrogens is 321 g/mol. The second-order valence-corrected chi connectivity index (χ2v) is 4.73. The highest BCUT2D eigenvalue weighted by Gasteiger charge is 2.16. The Labute approximate surface area is 108 Å². The molecule has 16 heavy (non-hydrogen) atoms. The van der Waals surface area contributed by atoms with Crippen molar-refractivity contribution in [1.29, 1.82) is 0 Å². The lowest BCUT2D eigenvalue weighted by Gasteiger charge is -2.23. The van der Waals surface area contributed by atoms with Crippen molar-refractivity contribution in [3.63, 3.8) is 0 Å². The molecule has 4 nitrogen and oxygen atoms in total. The number of aromatic nitrogens is 1. The number of ether oxygens (including phenoxy) is 3. The van der Waals surface area contributed by atoms with Gasteiger partial charge in [-0.3, -0.25) is 0 Å². The van der Waals surface area contributed by atoms with Crippen molar-refractivity contribution >= 4 is 22.6 Å². The van der Waals surface area contributed by atoms with Gasteiger partial charge in [0.05, 0.1) is 23.5 Å². The van der Waals surface area contributed by atoms with Gasteiger partial charge >= 0.3 is 0 Å². The van der Waals surface area contributed by atoms with Crippen LogP contribution in [0, 0.1) is 3.57 Å². The fourth-order valence-corrected chi connectivity index (χ4v) is 2.08. The lowest BCUT2D eigenvalue weighted by Crippen LogP contribution is -2.25. The van der Waals surface area contributed by atoms with Gasteiger partial charge in [-0.15, -0.1) is 0 Å². The molecule has 0 N–H and O–H groups in total. The number of halogens is 1. The summed E-state index contributed by atoms with van der Waals surface area (Å²) in [7, 11) is 1.60. The minimum atomic E-state index is -0.127. The van der Waals surface area contributed by atoms with Gasteiger partial charge in [0.2, 0.25) is 5.88 Å². The summed E-state index contributed by atoms with van der Waals surface area (Å²) in [4.78, 5) is 4.12. The summed E-state index contributed by atoms with van der Waals surface area (Å²) in [6.45, 7) is 0.783. The summed E-state index contributed by atoms with van der Waals surface area (Å²) >= 11 is 2.20. The molecule has 0 spiro atoms. The van der Waals surface area contributed by atoms with Crippen LogP contribution in [0.4, 0.5) is 0 Å². The molecule has 2 heterocycles. The predicted octanol–water partition coefficient (Wildman–Crippen LogP) is 2.60. The summed E-state index contributed by atoms with van der Waals surface area (Å²) in [6.07, 6.45) is 4.78. The maximum Gasteiger partial charge on any atom is 0.214 e. The summed E-state index contributed by atoms with van der Waals surface area (Å²) in [5.41, 5.74) is 0. The molecule has 1 aromatic heterocycles. The number of hydrogen-bond acceptors (Lipinski definition) is 4. The van der Waals surface area contributed by atoms with Crippen LogP contribution in [0.15, 0.2) is 12.3 Å². The monoisotopic (exact) mass is 335 g/mol. The topological polar surface area (TPSA) is 40.6 Å². The number of rotatable bonds is 3. The molecule has 1 fully saturated rings. The van der Waals surface area contributed by atoms with Crippen LogP contribution in [0.1, 0.15) is 19.3 Å². The number of nitrogens with zero attached hydrogens (tertiary/aromatic N) is 1. The number of methoxy groups -OCH3 is 1. The van der Waals surface area contributed by atoms with Crippen LogP contribution >= 0.6 is 22.6 Å². The molecule has 1 aliphatic heterocycles. The molecule has 0 saturated carbocycles. The second kappa shape index (κ2) is 5.67. The SMILES string of the molecule is COc1cc(I)c(O[C@H]2CCCCO2)cn1. The molecule has 1 aromatic rings. The van der Waals surface area contributed by atoms with E-state index in [9.17, 15) is 0 Å². The number of pyridine rings is 1. The Morgan fingerprint density at radius 2 is 2.38 bits per heavy atom. The van der Waals surface area contributed by atoms with E-state index in [-0.39, 0.29) is 6.29 Å². The molecule has 0 aliphatic carbocycles. The van der Waals surface area contributed by atoms with Crippen molar-refractivity contribution in [2.75, 3.05) is 13.7 Å². The van der Waals surface area contributed by atoms with Gasteiger partial charge in [0.15, 0.2) is 12.0 Å². The molecule has 1 saturated heterocycles. The van der Waals surface area contributed by atoms with Crippen LogP contribution in [0.5, 0.6) is 11.6 Å². The molecular formula is C11H14INO3. The van der Waals surface area contributed by atoms with Gasteiger partial charge in [0.1, 0.15) is 0 Å². The standard InChI is InChI=1S/C11H14INO3/c1-14-10-6-8(12)9(7-13-10)16-11-4-2-3-5-15-11/h6-7,11H,2-5H2,1H3/t11-/m0/s1. The first-order chi connectivity index (χ1) is 7.79. The van der Waals surface area contributed by atoms with E-state index in [1.165, 1.54) is 0 Å². The first-order valence-corrected chi connectivity index (χ1v) is 6.35. The molecule has 0 aromatic carbocycles. The highest BCUT2D eigenvalue weighted by atomic mass is 127. The second-order valence-electron chi connectivity index (χ2n) is 3.57. The third-order valence-corrected chi connectivity index (χ3v) is 3.24. The first-order valence-electron chi connectivity index (χ1n) is 5.27. The Balaban J connectivity index is 2.03. The third kappa shape index (κ3) is 2.98. The minimum Gasteiger partial charge on any atom is -0.481 e. The minimum absolute atomic E-state index is 0.127. The van der Waals surface area contributed by atoms with Crippen molar-refractivity contribution in [3.8, 4) is 11.6 Å². The molecule has 5 heteroatoms. The van der Waals surface area contributed by atoms with Gasteiger partial charge in [-0.2, -0.15) is 0 Å². The van der Waals surface area contributed by atoms with E-state index in [2.05, 4.69) is 27.6 Å². The van der Waals surface area contributed by atoms with Crippen LogP contribution in [0.2, 0.25) is 0 Å². The maximum absolute atomic E-state index is 5.74. The summed E-state index contributed by atoms with van der Waals surface area (Å²) in [5.74, 6) is 1.36. The molecule has 0 radical (unpaired) electrons. The van der Waals surface area contributed by atoms with Gasteiger partial charge in [-0.25, -0.2) is 4.98 Å². The van der Waals surface area contributed by atoms with Crippen LogP contribution in [0.25, 0.3) is 0 Å². The van der Waals surface area contributed by atoms with Crippen LogP contribution in [-0.2, 0) is 4.74 Å². The summed E-state index contributed by atoms with van der Waals surface area (Å²) in [6, 6.07) is 1.85. The van der Waals surface area contributed by atoms with Gasteiger partial charge in [0.25, 0.3) is 0 Å². The molecule has 0 amide bonds. The van der Waals surface area contributed by atoms with E-state index in [0.29, 0.717) is 5.88 Å². The zero-order valence-corrected chi connectivity index (χ0v) is 11.3. The predicted molar refractivity (Wildman–Crippen MR) is 67.7 cm³/mol. The van der Waals surface area contributed by atoms with Crippen molar-refractivity contribution in [2.45, 2.75) is 25.6 Å². The molecule has 1 atom stereocenters. The largest absolute Gasteiger partial charge is 0.481 e. The summed E-state index contributed by atoms with van der Waals surface area (Å²) < 4.78 is 17.3. The molecule has 88 valence electrons. The highest BCUT2D eigenvalue weighted by molar-refractivity contribution is 14.1. The van der Waals surface area contributed by atoms with Crippen LogP contribution in [-0.4, -0.2) is 25.0 Å². The highest BCUT2D eigenvalue weighted by Crippen LogP contribution is 2.26. The Morgan fingerprint density at radius 3 is 3.00 bits per heavy atom. The Bertz CT molecular complexity index is 353. The molecule has 0 bridgehead atoms. The third-order valence-electron chi connectivity index (χ3n) is 2.40. The lowest BCUT2D eigenvalue weighted by molar-refractivity contribution is -0.106. The quantitative estimate of drug-likeness (QED) is 0.797. The molecule has 1 aliphatic rings. The Kier molecular flexibility index (Phi) is 4.22. The average molecular weight is 335 g/mol. The number of hydrogen-bond donors (Lipinski definition) is 0. The van der Waals surface area contributed by atoms with Gasteiger partial charge < -0.3 is 14.2 Å². The maximum atomic E-state index is 5.74. The smallest absolute Gasteiger partial charge is 0.214 e. The van der Waals surface area contributed by atoms with E-state index in [1.54, 1.807) is 13.3 Å². The lowest BCUT2D eigenvalue weighted by atomic mass is 10.2. The summed E-state index contributed by atoms with van der Waals surface area (Å²) in [5, 5.41) is 0.